The van der Waals surface area contributed by atoms with Crippen LogP contribution in [0.2, 0.25) is 0 Å². The Morgan fingerprint density at radius 1 is 1.55 bits per heavy atom. The Labute approximate surface area is 64.5 Å². The smallest absolute Gasteiger partial charge is 0.308 e. The zero-order valence-corrected chi connectivity index (χ0v) is 7.21. The van der Waals surface area contributed by atoms with E-state index in [0.717, 1.165) is 7.05 Å². The van der Waals surface area contributed by atoms with Gasteiger partial charge in [-0.2, -0.15) is 0 Å². The Kier molecular flexibility index (Phi) is 2.99. The molecule has 0 rings (SSSR count). The average Bonchev–Trinajstić information content (AvgIpc) is 1.82. The van der Waals surface area contributed by atoms with Crippen molar-refractivity contribution in [3.8, 4) is 0 Å². The summed E-state index contributed by atoms with van der Waals surface area (Å²) < 4.78 is 10.8. The number of nitrogens with zero attached hydrogens (tertiary/aromatic N) is 1. The molecule has 6 heteroatoms. The maximum atomic E-state index is 10.8. The van der Waals surface area contributed by atoms with E-state index in [2.05, 4.69) is 6.58 Å². The van der Waals surface area contributed by atoms with Gasteiger partial charge in [0.15, 0.2) is 0 Å². The number of likely N-dealkylation sites (N-methyl/N-ethyl adjacent to an activating group) is 1. The molecule has 0 radical (unpaired) electrons. The molecule has 0 aliphatic heterocycles. The highest BCUT2D eigenvalue weighted by molar-refractivity contribution is 7.49. The zero-order valence-electron chi connectivity index (χ0n) is 6.31. The Morgan fingerprint density at radius 2 is 1.91 bits per heavy atom. The van der Waals surface area contributed by atoms with E-state index >= 15 is 0 Å². The van der Waals surface area contributed by atoms with Crippen molar-refractivity contribution < 1.29 is 19.1 Å². The molecule has 11 heavy (non-hydrogen) atoms. The molecule has 0 fully saturated rings. The molecule has 0 aromatic heterocycles. The van der Waals surface area contributed by atoms with Gasteiger partial charge in [0.05, 0.1) is 0 Å². The maximum absolute atomic E-state index is 10.8. The highest BCUT2D eigenvalue weighted by Crippen LogP contribution is 2.38. The fraction of sp³-hybridized carbons (Fsp3) is 0.400. The Balaban J connectivity index is 4.52. The molecule has 64 valence electrons. The molecule has 0 atom stereocenters. The SMILES string of the molecule is C=C(C)C(=O)N(C)P(=O)(O)O. The average molecular weight is 179 g/mol. The van der Waals surface area contributed by atoms with Crippen LogP contribution in [0.25, 0.3) is 0 Å². The first-order chi connectivity index (χ1) is 4.76. The lowest BCUT2D eigenvalue weighted by atomic mass is 10.3. The van der Waals surface area contributed by atoms with E-state index < -0.39 is 13.7 Å². The van der Waals surface area contributed by atoms with Crippen LogP contribution in [0.1, 0.15) is 6.92 Å². The molecule has 5 nitrogen and oxygen atoms in total. The van der Waals surface area contributed by atoms with Crippen molar-refractivity contribution in [3.05, 3.63) is 12.2 Å². The van der Waals surface area contributed by atoms with Crippen LogP contribution in [-0.4, -0.2) is 27.4 Å². The first-order valence-electron chi connectivity index (χ1n) is 2.76. The van der Waals surface area contributed by atoms with Crippen LogP contribution in [0.4, 0.5) is 0 Å². The highest BCUT2D eigenvalue weighted by Gasteiger charge is 2.26. The second-order valence-electron chi connectivity index (χ2n) is 2.12. The standard InChI is InChI=1S/C5H10NO4P/c1-4(2)5(7)6(3)11(8,9)10/h1H2,2-3H3,(H2,8,9,10). The summed E-state index contributed by atoms with van der Waals surface area (Å²) in [6.07, 6.45) is 0. The molecular weight excluding hydrogens is 169 g/mol. The molecule has 0 aromatic rings. The van der Waals surface area contributed by atoms with Crippen molar-refractivity contribution in [1.82, 2.24) is 4.67 Å². The Hall–Kier alpha value is -0.640. The largest absolute Gasteiger partial charge is 0.432 e. The minimum Gasteiger partial charge on any atom is -0.308 e. The quantitative estimate of drug-likeness (QED) is 0.466. The van der Waals surface area contributed by atoms with E-state index in [1.54, 1.807) is 0 Å². The van der Waals surface area contributed by atoms with Gasteiger partial charge in [-0.1, -0.05) is 6.58 Å². The molecular formula is C5H10NO4P. The van der Waals surface area contributed by atoms with Gasteiger partial charge in [0.1, 0.15) is 0 Å². The molecule has 2 N–H and O–H groups in total. The highest BCUT2D eigenvalue weighted by atomic mass is 31.2. The number of carbonyl (C=O) groups excluding carboxylic acids is 1. The molecule has 0 spiro atoms. The third kappa shape index (κ3) is 2.84. The topological polar surface area (TPSA) is 77.8 Å². The van der Waals surface area contributed by atoms with Gasteiger partial charge in [0, 0.05) is 12.6 Å². The van der Waals surface area contributed by atoms with E-state index in [1.807, 2.05) is 0 Å². The maximum Gasteiger partial charge on any atom is 0.432 e. The van der Waals surface area contributed by atoms with Crippen LogP contribution in [0, 0.1) is 0 Å². The molecule has 0 unspecified atom stereocenters. The molecule has 0 saturated carbocycles. The van der Waals surface area contributed by atoms with Crippen molar-refractivity contribution in [1.29, 1.82) is 0 Å². The fourth-order valence-electron chi connectivity index (χ4n) is 0.395. The molecule has 0 aromatic carbocycles. The summed E-state index contributed by atoms with van der Waals surface area (Å²) in [5, 5.41) is 0. The van der Waals surface area contributed by atoms with Crippen LogP contribution in [0.15, 0.2) is 12.2 Å². The lowest BCUT2D eigenvalue weighted by Crippen LogP contribution is -2.23. The van der Waals surface area contributed by atoms with E-state index in [-0.39, 0.29) is 5.57 Å². The lowest BCUT2D eigenvalue weighted by molar-refractivity contribution is -0.122. The van der Waals surface area contributed by atoms with Crippen LogP contribution in [-0.2, 0) is 9.36 Å². The Bertz CT molecular complexity index is 231. The predicted molar refractivity (Wildman–Crippen MR) is 39.6 cm³/mol. The van der Waals surface area contributed by atoms with Gasteiger partial charge in [0.25, 0.3) is 5.91 Å². The van der Waals surface area contributed by atoms with Gasteiger partial charge in [-0.3, -0.25) is 4.79 Å². The lowest BCUT2D eigenvalue weighted by Gasteiger charge is -2.17. The van der Waals surface area contributed by atoms with Gasteiger partial charge >= 0.3 is 7.75 Å². The predicted octanol–water partition coefficient (Wildman–Crippen LogP) is 0.114. The van der Waals surface area contributed by atoms with Gasteiger partial charge in [-0.25, -0.2) is 9.24 Å². The number of carbonyl (C=O) groups is 1. The van der Waals surface area contributed by atoms with Crippen LogP contribution < -0.4 is 0 Å². The minimum atomic E-state index is -4.44. The summed E-state index contributed by atoms with van der Waals surface area (Å²) >= 11 is 0. The monoisotopic (exact) mass is 179 g/mol. The van der Waals surface area contributed by atoms with Crippen LogP contribution in [0.5, 0.6) is 0 Å². The number of amides is 1. The van der Waals surface area contributed by atoms with Gasteiger partial charge < -0.3 is 9.79 Å². The molecule has 0 aliphatic carbocycles. The van der Waals surface area contributed by atoms with Gasteiger partial charge in [-0.15, -0.1) is 0 Å². The van der Waals surface area contributed by atoms with Crippen LogP contribution in [0.3, 0.4) is 0 Å². The molecule has 0 heterocycles. The van der Waals surface area contributed by atoms with E-state index in [0.29, 0.717) is 4.67 Å². The van der Waals surface area contributed by atoms with Crippen molar-refractivity contribution in [2.75, 3.05) is 7.05 Å². The van der Waals surface area contributed by atoms with Gasteiger partial charge in [0.2, 0.25) is 0 Å². The number of hydrogen-bond donors (Lipinski definition) is 2. The first-order valence-corrected chi connectivity index (χ1v) is 4.33. The van der Waals surface area contributed by atoms with E-state index in [4.69, 9.17) is 9.79 Å². The molecule has 0 saturated heterocycles. The molecule has 0 aliphatic rings. The van der Waals surface area contributed by atoms with Crippen molar-refractivity contribution in [2.24, 2.45) is 0 Å². The molecule has 0 bridgehead atoms. The van der Waals surface area contributed by atoms with Crippen molar-refractivity contribution in [2.45, 2.75) is 6.92 Å². The normalized spacial score (nSPS) is 10.9. The zero-order chi connectivity index (χ0) is 9.23. The summed E-state index contributed by atoms with van der Waals surface area (Å²) in [4.78, 5) is 27.8. The van der Waals surface area contributed by atoms with Gasteiger partial charge in [-0.05, 0) is 6.92 Å². The van der Waals surface area contributed by atoms with E-state index in [9.17, 15) is 9.36 Å². The minimum absolute atomic E-state index is 0.0934. The first kappa shape index (κ1) is 10.4. The Morgan fingerprint density at radius 3 is 2.00 bits per heavy atom. The fourth-order valence-corrected chi connectivity index (χ4v) is 0.802. The second-order valence-corrected chi connectivity index (χ2v) is 3.75. The summed E-state index contributed by atoms with van der Waals surface area (Å²) in [5.74, 6) is -0.752. The number of rotatable bonds is 2. The van der Waals surface area contributed by atoms with Crippen LogP contribution >= 0.6 is 7.75 Å². The summed E-state index contributed by atoms with van der Waals surface area (Å²) in [6, 6.07) is 0. The van der Waals surface area contributed by atoms with Crippen molar-refractivity contribution >= 4 is 13.7 Å². The summed E-state index contributed by atoms with van der Waals surface area (Å²) in [7, 11) is -3.42. The summed E-state index contributed by atoms with van der Waals surface area (Å²) in [5.41, 5.74) is 0.0934. The second kappa shape index (κ2) is 3.17. The third-order valence-corrected chi connectivity index (χ3v) is 2.01. The summed E-state index contributed by atoms with van der Waals surface area (Å²) in [6.45, 7) is 4.64. The molecule has 1 amide bonds. The van der Waals surface area contributed by atoms with E-state index in [1.165, 1.54) is 6.92 Å². The van der Waals surface area contributed by atoms with Crippen molar-refractivity contribution in [3.63, 3.8) is 0 Å². The number of hydrogen-bond acceptors (Lipinski definition) is 2. The third-order valence-electron chi connectivity index (χ3n) is 1.05.